The fourth-order valence-corrected chi connectivity index (χ4v) is 0.851. The molecule has 0 fully saturated rings. The molecule has 0 aromatic heterocycles. The molecule has 0 heterocycles. The molecule has 0 bridgehead atoms. The van der Waals surface area contributed by atoms with Crippen molar-refractivity contribution in [3.63, 3.8) is 0 Å². The van der Waals surface area contributed by atoms with Crippen LogP contribution in [0.1, 0.15) is 13.8 Å². The van der Waals surface area contributed by atoms with Crippen molar-refractivity contribution < 1.29 is 9.59 Å². The summed E-state index contributed by atoms with van der Waals surface area (Å²) in [5, 5.41) is 0. The van der Waals surface area contributed by atoms with Gasteiger partial charge in [0.25, 0.3) is 0 Å². The van der Waals surface area contributed by atoms with Crippen molar-refractivity contribution in [2.45, 2.75) is 19.9 Å². The number of nitrogens with two attached hydrogens (primary N) is 2. The van der Waals surface area contributed by atoms with Gasteiger partial charge in [-0.05, 0) is 5.92 Å². The van der Waals surface area contributed by atoms with Gasteiger partial charge in [-0.25, -0.2) is 0 Å². The number of carbonyl (C=O) groups is 2. The minimum absolute atomic E-state index is 0.0582. The van der Waals surface area contributed by atoms with Crippen molar-refractivity contribution in [1.82, 2.24) is 4.90 Å². The Morgan fingerprint density at radius 3 is 2.15 bits per heavy atom. The third kappa shape index (κ3) is 3.89. The van der Waals surface area contributed by atoms with Crippen LogP contribution in [0.2, 0.25) is 0 Å². The minimum Gasteiger partial charge on any atom is -0.368 e. The first kappa shape index (κ1) is 11.9. The number of nitrogens with zero attached hydrogens (tertiary/aromatic N) is 1. The van der Waals surface area contributed by atoms with Crippen LogP contribution in [0.15, 0.2) is 0 Å². The number of hydrogen-bond donors (Lipinski definition) is 2. The molecule has 5 nitrogen and oxygen atoms in total. The van der Waals surface area contributed by atoms with Crippen LogP contribution in [0.5, 0.6) is 0 Å². The zero-order valence-corrected chi connectivity index (χ0v) is 8.28. The Bertz CT molecular complexity index is 204. The predicted octanol–water partition coefficient (Wildman–Crippen LogP) is -1.09. The van der Waals surface area contributed by atoms with Crippen LogP contribution < -0.4 is 11.5 Å². The fourth-order valence-electron chi connectivity index (χ4n) is 0.851. The Morgan fingerprint density at radius 2 is 1.85 bits per heavy atom. The van der Waals surface area contributed by atoms with Crippen LogP contribution >= 0.6 is 0 Å². The third-order valence-electron chi connectivity index (χ3n) is 1.77. The topological polar surface area (TPSA) is 89.4 Å². The molecule has 1 unspecified atom stereocenters. The van der Waals surface area contributed by atoms with Crippen molar-refractivity contribution in [2.24, 2.45) is 17.4 Å². The SMILES string of the molecule is CC(C)C(N)C(=O)N(C)CC(N)=O. The van der Waals surface area contributed by atoms with Gasteiger partial charge in [0.15, 0.2) is 0 Å². The van der Waals surface area contributed by atoms with E-state index in [0.717, 1.165) is 0 Å². The Morgan fingerprint density at radius 1 is 1.38 bits per heavy atom. The summed E-state index contributed by atoms with van der Waals surface area (Å²) in [5.41, 5.74) is 10.5. The van der Waals surface area contributed by atoms with E-state index in [9.17, 15) is 9.59 Å². The molecule has 0 rings (SSSR count). The maximum atomic E-state index is 11.4. The van der Waals surface area contributed by atoms with E-state index >= 15 is 0 Å². The van der Waals surface area contributed by atoms with Gasteiger partial charge in [-0.15, -0.1) is 0 Å². The summed E-state index contributed by atoms with van der Waals surface area (Å²) in [7, 11) is 1.51. The predicted molar refractivity (Wildman–Crippen MR) is 49.6 cm³/mol. The number of hydrogen-bond acceptors (Lipinski definition) is 3. The molecule has 2 amide bonds. The minimum atomic E-state index is -0.565. The Balaban J connectivity index is 4.17. The van der Waals surface area contributed by atoms with Crippen molar-refractivity contribution in [3.8, 4) is 0 Å². The summed E-state index contributed by atoms with van der Waals surface area (Å²) in [5.74, 6) is -0.733. The molecule has 0 aromatic rings. The molecular formula is C8H17N3O2. The highest BCUT2D eigenvalue weighted by molar-refractivity contribution is 5.86. The first-order chi connectivity index (χ1) is 5.86. The molecule has 13 heavy (non-hydrogen) atoms. The van der Waals surface area contributed by atoms with Crippen LogP contribution in [-0.4, -0.2) is 36.3 Å². The van der Waals surface area contributed by atoms with Crippen LogP contribution in [0.25, 0.3) is 0 Å². The fraction of sp³-hybridized carbons (Fsp3) is 0.750. The van der Waals surface area contributed by atoms with Gasteiger partial charge in [0, 0.05) is 7.05 Å². The van der Waals surface area contributed by atoms with Crippen LogP contribution in [0.4, 0.5) is 0 Å². The van der Waals surface area contributed by atoms with Gasteiger partial charge in [-0.3, -0.25) is 9.59 Å². The van der Waals surface area contributed by atoms with Gasteiger partial charge in [0.2, 0.25) is 11.8 Å². The van der Waals surface area contributed by atoms with E-state index in [-0.39, 0.29) is 18.4 Å². The lowest BCUT2D eigenvalue weighted by atomic mass is 10.0. The second-order valence-corrected chi connectivity index (χ2v) is 3.43. The number of rotatable bonds is 4. The third-order valence-corrected chi connectivity index (χ3v) is 1.77. The Hall–Kier alpha value is -1.10. The summed E-state index contributed by atoms with van der Waals surface area (Å²) >= 11 is 0. The second kappa shape index (κ2) is 4.81. The van der Waals surface area contributed by atoms with Crippen LogP contribution in [0.3, 0.4) is 0 Å². The van der Waals surface area contributed by atoms with E-state index < -0.39 is 11.9 Å². The van der Waals surface area contributed by atoms with E-state index in [1.54, 1.807) is 0 Å². The number of amides is 2. The lowest BCUT2D eigenvalue weighted by Crippen LogP contribution is -2.47. The molecule has 0 aliphatic rings. The Labute approximate surface area is 78.1 Å². The Kier molecular flexibility index (Phi) is 4.40. The van der Waals surface area contributed by atoms with E-state index in [1.807, 2.05) is 13.8 Å². The van der Waals surface area contributed by atoms with E-state index in [1.165, 1.54) is 11.9 Å². The monoisotopic (exact) mass is 187 g/mol. The summed E-state index contributed by atoms with van der Waals surface area (Å²) in [4.78, 5) is 23.2. The van der Waals surface area contributed by atoms with Crippen molar-refractivity contribution in [3.05, 3.63) is 0 Å². The highest BCUT2D eigenvalue weighted by atomic mass is 16.2. The normalized spacial score (nSPS) is 12.7. The van der Waals surface area contributed by atoms with Gasteiger partial charge in [-0.2, -0.15) is 0 Å². The quantitative estimate of drug-likeness (QED) is 0.586. The molecule has 0 aromatic carbocycles. The molecule has 5 heteroatoms. The highest BCUT2D eigenvalue weighted by Crippen LogP contribution is 2.01. The van der Waals surface area contributed by atoms with Gasteiger partial charge in [0.1, 0.15) is 0 Å². The van der Waals surface area contributed by atoms with E-state index in [0.29, 0.717) is 0 Å². The average molecular weight is 187 g/mol. The van der Waals surface area contributed by atoms with Gasteiger partial charge in [0.05, 0.1) is 12.6 Å². The highest BCUT2D eigenvalue weighted by Gasteiger charge is 2.21. The molecular weight excluding hydrogens is 170 g/mol. The second-order valence-electron chi connectivity index (χ2n) is 3.43. The molecule has 76 valence electrons. The van der Waals surface area contributed by atoms with Crippen LogP contribution in [-0.2, 0) is 9.59 Å². The molecule has 0 aliphatic carbocycles. The lowest BCUT2D eigenvalue weighted by molar-refractivity contribution is -0.135. The molecule has 0 spiro atoms. The number of likely N-dealkylation sites (N-methyl/N-ethyl adjacent to an activating group) is 1. The largest absolute Gasteiger partial charge is 0.368 e. The maximum absolute atomic E-state index is 11.4. The molecule has 0 radical (unpaired) electrons. The number of primary amides is 1. The van der Waals surface area contributed by atoms with E-state index in [4.69, 9.17) is 11.5 Å². The molecule has 4 N–H and O–H groups in total. The molecule has 0 saturated carbocycles. The van der Waals surface area contributed by atoms with Gasteiger partial charge >= 0.3 is 0 Å². The van der Waals surface area contributed by atoms with Crippen molar-refractivity contribution in [1.29, 1.82) is 0 Å². The zero-order chi connectivity index (χ0) is 10.6. The maximum Gasteiger partial charge on any atom is 0.239 e. The zero-order valence-electron chi connectivity index (χ0n) is 8.28. The smallest absolute Gasteiger partial charge is 0.239 e. The van der Waals surface area contributed by atoms with Crippen LogP contribution in [0, 0.1) is 5.92 Å². The summed E-state index contributed by atoms with van der Waals surface area (Å²) in [6.07, 6.45) is 0. The summed E-state index contributed by atoms with van der Waals surface area (Å²) in [6.45, 7) is 3.61. The average Bonchev–Trinajstić information content (AvgIpc) is 2.00. The van der Waals surface area contributed by atoms with E-state index in [2.05, 4.69) is 0 Å². The molecule has 0 aliphatic heterocycles. The lowest BCUT2D eigenvalue weighted by Gasteiger charge is -2.21. The van der Waals surface area contributed by atoms with Crippen molar-refractivity contribution in [2.75, 3.05) is 13.6 Å². The summed E-state index contributed by atoms with van der Waals surface area (Å²) in [6, 6.07) is -0.565. The standard InChI is InChI=1S/C8H17N3O2/c1-5(2)7(10)8(13)11(3)4-6(9)12/h5,7H,4,10H2,1-3H3,(H2,9,12). The first-order valence-electron chi connectivity index (χ1n) is 4.15. The molecule has 0 saturated heterocycles. The van der Waals surface area contributed by atoms with Gasteiger partial charge in [-0.1, -0.05) is 13.8 Å². The number of carbonyl (C=O) groups excluding carboxylic acids is 2. The van der Waals surface area contributed by atoms with Crippen molar-refractivity contribution >= 4 is 11.8 Å². The first-order valence-corrected chi connectivity index (χ1v) is 4.15. The van der Waals surface area contributed by atoms with Gasteiger partial charge < -0.3 is 16.4 Å². The molecule has 1 atom stereocenters. The summed E-state index contributed by atoms with van der Waals surface area (Å²) < 4.78 is 0.